The molecule has 0 saturated heterocycles. The third-order valence-corrected chi connectivity index (χ3v) is 3.72. The van der Waals surface area contributed by atoms with Crippen molar-refractivity contribution in [3.63, 3.8) is 0 Å². The second-order valence-corrected chi connectivity index (χ2v) is 5.45. The molecule has 1 heterocycles. The summed E-state index contributed by atoms with van der Waals surface area (Å²) in [4.78, 5) is 6.24. The Hall–Kier alpha value is -0.750. The molecule has 18 heavy (non-hydrogen) atoms. The highest BCUT2D eigenvalue weighted by Crippen LogP contribution is 2.33. The molecule has 1 fully saturated rings. The minimum Gasteiger partial charge on any atom is -0.393 e. The van der Waals surface area contributed by atoms with E-state index < -0.39 is 0 Å². The zero-order valence-electron chi connectivity index (χ0n) is 10.0. The number of hydrogen-bond acceptors (Lipinski definition) is 5. The highest BCUT2D eigenvalue weighted by molar-refractivity contribution is 6.37. The number of aliphatic hydroxyl groups is 1. The molecule has 4 N–H and O–H groups in total. The van der Waals surface area contributed by atoms with Crippen LogP contribution in [0.15, 0.2) is 6.07 Å². The van der Waals surface area contributed by atoms with Crippen LogP contribution in [0.2, 0.25) is 10.0 Å². The van der Waals surface area contributed by atoms with Crippen LogP contribution in [0.3, 0.4) is 0 Å². The van der Waals surface area contributed by atoms with Crippen molar-refractivity contribution in [2.45, 2.75) is 18.9 Å². The molecule has 2 rings (SSSR count). The number of nitrogens with one attached hydrogen (secondary N) is 1. The predicted octanol–water partition coefficient (Wildman–Crippen LogP) is 1.88. The fourth-order valence-electron chi connectivity index (χ4n) is 2.15. The maximum Gasteiger partial charge on any atom is 0.161 e. The van der Waals surface area contributed by atoms with Crippen molar-refractivity contribution in [3.8, 4) is 0 Å². The number of nitrogens with two attached hydrogens (primary N) is 1. The monoisotopic (exact) mass is 290 g/mol. The third kappa shape index (κ3) is 2.80. The second-order valence-electron chi connectivity index (χ2n) is 4.64. The first-order valence-corrected chi connectivity index (χ1v) is 6.48. The van der Waals surface area contributed by atoms with E-state index in [1.807, 2.05) is 11.9 Å². The zero-order chi connectivity index (χ0) is 13.3. The van der Waals surface area contributed by atoms with Gasteiger partial charge in [-0.05, 0) is 24.8 Å². The molecule has 5 nitrogen and oxygen atoms in total. The SMILES string of the molecule is CN(CC1CC(O)C1)c1nc(NN)c(Cl)cc1Cl. The van der Waals surface area contributed by atoms with Gasteiger partial charge in [0.1, 0.15) is 5.82 Å². The molecule has 1 aromatic heterocycles. The average molecular weight is 291 g/mol. The first-order valence-electron chi connectivity index (χ1n) is 5.73. The van der Waals surface area contributed by atoms with Crippen LogP contribution in [0.4, 0.5) is 11.6 Å². The van der Waals surface area contributed by atoms with Gasteiger partial charge in [-0.3, -0.25) is 0 Å². The lowest BCUT2D eigenvalue weighted by atomic mass is 9.82. The first-order chi connectivity index (χ1) is 8.51. The molecule has 0 bridgehead atoms. The van der Waals surface area contributed by atoms with E-state index in [1.54, 1.807) is 6.07 Å². The topological polar surface area (TPSA) is 74.4 Å². The van der Waals surface area contributed by atoms with Crippen LogP contribution in [0.25, 0.3) is 0 Å². The molecule has 1 aliphatic rings. The number of aromatic nitrogens is 1. The molecule has 1 aromatic rings. The summed E-state index contributed by atoms with van der Waals surface area (Å²) >= 11 is 12.0. The summed E-state index contributed by atoms with van der Waals surface area (Å²) in [5, 5.41) is 10.1. The van der Waals surface area contributed by atoms with Crippen molar-refractivity contribution in [1.82, 2.24) is 4.98 Å². The van der Waals surface area contributed by atoms with Crippen LogP contribution in [0.1, 0.15) is 12.8 Å². The Morgan fingerprint density at radius 3 is 2.72 bits per heavy atom. The summed E-state index contributed by atoms with van der Waals surface area (Å²) in [6.45, 7) is 0.801. The van der Waals surface area contributed by atoms with Crippen molar-refractivity contribution in [1.29, 1.82) is 0 Å². The van der Waals surface area contributed by atoms with E-state index in [0.29, 0.717) is 27.6 Å². The number of rotatable bonds is 4. The number of nitrogens with zero attached hydrogens (tertiary/aromatic N) is 2. The lowest BCUT2D eigenvalue weighted by molar-refractivity contribution is 0.0464. The quantitative estimate of drug-likeness (QED) is 0.583. The standard InChI is InChI=1S/C11H16Cl2N4O/c1-17(5-6-2-7(18)3-6)11-9(13)4-8(12)10(15-11)16-14/h4,6-7,18H,2-3,5,14H2,1H3,(H,15,16). The molecular weight excluding hydrogens is 275 g/mol. The van der Waals surface area contributed by atoms with Gasteiger partial charge >= 0.3 is 0 Å². The number of anilines is 2. The largest absolute Gasteiger partial charge is 0.393 e. The summed E-state index contributed by atoms with van der Waals surface area (Å²) in [6, 6.07) is 1.62. The Morgan fingerprint density at radius 2 is 2.17 bits per heavy atom. The van der Waals surface area contributed by atoms with E-state index >= 15 is 0 Å². The fourth-order valence-corrected chi connectivity index (χ4v) is 2.71. The van der Waals surface area contributed by atoms with Crippen molar-refractivity contribution in [3.05, 3.63) is 16.1 Å². The summed E-state index contributed by atoms with van der Waals surface area (Å²) in [5.74, 6) is 6.85. The Balaban J connectivity index is 2.11. The molecule has 0 aromatic carbocycles. The highest BCUT2D eigenvalue weighted by Gasteiger charge is 2.28. The van der Waals surface area contributed by atoms with Crippen molar-refractivity contribution in [2.75, 3.05) is 23.9 Å². The van der Waals surface area contributed by atoms with Crippen molar-refractivity contribution < 1.29 is 5.11 Å². The minimum absolute atomic E-state index is 0.154. The van der Waals surface area contributed by atoms with E-state index in [2.05, 4.69) is 10.4 Å². The molecule has 7 heteroatoms. The second kappa shape index (κ2) is 5.48. The van der Waals surface area contributed by atoms with Gasteiger partial charge in [-0.1, -0.05) is 23.2 Å². The molecule has 0 radical (unpaired) electrons. The van der Waals surface area contributed by atoms with E-state index in [4.69, 9.17) is 29.0 Å². The van der Waals surface area contributed by atoms with Crippen molar-refractivity contribution in [2.24, 2.45) is 11.8 Å². The molecule has 0 aliphatic heterocycles. The minimum atomic E-state index is -0.154. The number of hydrogen-bond donors (Lipinski definition) is 3. The lowest BCUT2D eigenvalue weighted by Gasteiger charge is -2.35. The van der Waals surface area contributed by atoms with Gasteiger partial charge in [0, 0.05) is 13.6 Å². The Kier molecular flexibility index (Phi) is 4.17. The van der Waals surface area contributed by atoms with Crippen LogP contribution in [-0.4, -0.2) is 29.8 Å². The first kappa shape index (κ1) is 13.7. The highest BCUT2D eigenvalue weighted by atomic mass is 35.5. The number of halogens is 2. The zero-order valence-corrected chi connectivity index (χ0v) is 11.5. The van der Waals surface area contributed by atoms with Gasteiger partial charge in [0.2, 0.25) is 0 Å². The predicted molar refractivity (Wildman–Crippen MR) is 74.1 cm³/mol. The van der Waals surface area contributed by atoms with Crippen LogP contribution in [0, 0.1) is 5.92 Å². The molecule has 1 aliphatic carbocycles. The summed E-state index contributed by atoms with van der Waals surface area (Å²) in [5.41, 5.74) is 2.44. The normalized spacial score (nSPS) is 22.5. The van der Waals surface area contributed by atoms with E-state index in [1.165, 1.54) is 0 Å². The molecule has 0 amide bonds. The maximum atomic E-state index is 9.27. The smallest absolute Gasteiger partial charge is 0.161 e. The van der Waals surface area contributed by atoms with Crippen LogP contribution < -0.4 is 16.2 Å². The van der Waals surface area contributed by atoms with Gasteiger partial charge in [0.05, 0.1) is 16.1 Å². The van der Waals surface area contributed by atoms with Gasteiger partial charge in [0.15, 0.2) is 5.82 Å². The fraction of sp³-hybridized carbons (Fsp3) is 0.545. The van der Waals surface area contributed by atoms with Gasteiger partial charge < -0.3 is 15.4 Å². The third-order valence-electron chi connectivity index (χ3n) is 3.15. The van der Waals surface area contributed by atoms with E-state index in [9.17, 15) is 5.11 Å². The van der Waals surface area contributed by atoms with Gasteiger partial charge in [-0.2, -0.15) is 0 Å². The number of pyridine rings is 1. The van der Waals surface area contributed by atoms with Gasteiger partial charge in [-0.25, -0.2) is 10.8 Å². The lowest BCUT2D eigenvalue weighted by Crippen LogP contribution is -2.37. The van der Waals surface area contributed by atoms with E-state index in [0.717, 1.165) is 19.4 Å². The summed E-state index contributed by atoms with van der Waals surface area (Å²) < 4.78 is 0. The van der Waals surface area contributed by atoms with Crippen LogP contribution in [-0.2, 0) is 0 Å². The molecule has 100 valence electrons. The maximum absolute atomic E-state index is 9.27. The number of nitrogen functional groups attached to an aromatic ring is 1. The van der Waals surface area contributed by atoms with Crippen LogP contribution >= 0.6 is 23.2 Å². The summed E-state index contributed by atoms with van der Waals surface area (Å²) in [6.07, 6.45) is 1.51. The Morgan fingerprint density at radius 1 is 1.50 bits per heavy atom. The molecule has 0 atom stereocenters. The van der Waals surface area contributed by atoms with Crippen LogP contribution in [0.5, 0.6) is 0 Å². The number of hydrazine groups is 1. The van der Waals surface area contributed by atoms with Gasteiger partial charge in [0.25, 0.3) is 0 Å². The van der Waals surface area contributed by atoms with Crippen molar-refractivity contribution >= 4 is 34.8 Å². The molecular formula is C11H16Cl2N4O. The average Bonchev–Trinajstić information content (AvgIpc) is 2.27. The Bertz CT molecular complexity index is 437. The Labute approximate surface area is 116 Å². The summed E-state index contributed by atoms with van der Waals surface area (Å²) in [7, 11) is 1.91. The molecule has 1 saturated carbocycles. The van der Waals surface area contributed by atoms with Gasteiger partial charge in [-0.15, -0.1) is 0 Å². The molecule has 0 spiro atoms. The van der Waals surface area contributed by atoms with E-state index in [-0.39, 0.29) is 6.10 Å². The molecule has 0 unspecified atom stereocenters. The number of aliphatic hydroxyl groups excluding tert-OH is 1.